The highest BCUT2D eigenvalue weighted by Gasteiger charge is 2.15. The smallest absolute Gasteiger partial charge is 0.178 e. The summed E-state index contributed by atoms with van der Waals surface area (Å²) < 4.78 is 12.2. The van der Waals surface area contributed by atoms with E-state index in [4.69, 9.17) is 8.83 Å². The zero-order valence-electron chi connectivity index (χ0n) is 12.4. The highest BCUT2D eigenvalue weighted by atomic mass is 16.4. The Bertz CT molecular complexity index is 1090. The molecule has 0 aliphatic rings. The molecule has 0 unspecified atom stereocenters. The lowest BCUT2D eigenvalue weighted by Gasteiger charge is -1.92. The molecule has 0 saturated heterocycles. The van der Waals surface area contributed by atoms with Crippen LogP contribution in [0.1, 0.15) is 11.1 Å². The number of aryl methyl sites for hydroxylation is 2. The maximum Gasteiger partial charge on any atom is 0.178 e. The number of hydrogen-bond donors (Lipinski definition) is 0. The van der Waals surface area contributed by atoms with Gasteiger partial charge in [-0.2, -0.15) is 0 Å². The summed E-state index contributed by atoms with van der Waals surface area (Å²) >= 11 is 0. The minimum Gasteiger partial charge on any atom is -0.452 e. The van der Waals surface area contributed by atoms with E-state index in [2.05, 4.69) is 62.4 Å². The molecule has 0 radical (unpaired) electrons. The molecular weight excluding hydrogens is 272 g/mol. The minimum atomic E-state index is 0.840. The fourth-order valence-electron chi connectivity index (χ4n) is 3.28. The Morgan fingerprint density at radius 2 is 0.955 bits per heavy atom. The van der Waals surface area contributed by atoms with Gasteiger partial charge in [-0.3, -0.25) is 0 Å². The Morgan fingerprint density at radius 1 is 0.545 bits per heavy atom. The first kappa shape index (κ1) is 11.9. The van der Waals surface area contributed by atoms with Crippen molar-refractivity contribution in [1.29, 1.82) is 0 Å². The fourth-order valence-corrected chi connectivity index (χ4v) is 3.28. The maximum atomic E-state index is 6.11. The highest BCUT2D eigenvalue weighted by molar-refractivity contribution is 6.18. The lowest BCUT2D eigenvalue weighted by Crippen LogP contribution is -1.71. The van der Waals surface area contributed by atoms with E-state index in [9.17, 15) is 0 Å². The third kappa shape index (κ3) is 1.44. The van der Waals surface area contributed by atoms with Gasteiger partial charge in [0.05, 0.1) is 0 Å². The second kappa shape index (κ2) is 3.92. The van der Waals surface area contributed by atoms with Crippen molar-refractivity contribution in [3.8, 4) is 0 Å². The monoisotopic (exact) mass is 286 g/mol. The molecule has 5 rings (SSSR count). The Kier molecular flexibility index (Phi) is 2.11. The highest BCUT2D eigenvalue weighted by Crippen LogP contribution is 2.38. The molecule has 2 aromatic heterocycles. The minimum absolute atomic E-state index is 0.840. The zero-order valence-corrected chi connectivity index (χ0v) is 12.4. The SMILES string of the molecule is Cc1ccc2c(c1)oc1c2ccc2c3ccc(C)cc3oc21. The maximum absolute atomic E-state index is 6.11. The largest absolute Gasteiger partial charge is 0.452 e. The number of furan rings is 2. The third-order valence-corrected chi connectivity index (χ3v) is 4.39. The third-order valence-electron chi connectivity index (χ3n) is 4.39. The van der Waals surface area contributed by atoms with Gasteiger partial charge in [0, 0.05) is 21.5 Å². The van der Waals surface area contributed by atoms with Gasteiger partial charge in [-0.25, -0.2) is 0 Å². The van der Waals surface area contributed by atoms with Crippen molar-refractivity contribution < 1.29 is 8.83 Å². The predicted molar refractivity (Wildman–Crippen MR) is 90.5 cm³/mol. The van der Waals surface area contributed by atoms with Gasteiger partial charge in [-0.1, -0.05) is 24.3 Å². The quantitative estimate of drug-likeness (QED) is 0.343. The van der Waals surface area contributed by atoms with Gasteiger partial charge in [0.2, 0.25) is 0 Å². The molecule has 0 fully saturated rings. The molecule has 2 heterocycles. The average molecular weight is 286 g/mol. The van der Waals surface area contributed by atoms with Gasteiger partial charge in [-0.15, -0.1) is 0 Å². The lowest BCUT2D eigenvalue weighted by atomic mass is 10.1. The molecule has 5 aromatic rings. The van der Waals surface area contributed by atoms with Crippen LogP contribution in [0.2, 0.25) is 0 Å². The summed E-state index contributed by atoms with van der Waals surface area (Å²) in [4.78, 5) is 0. The molecule has 106 valence electrons. The first-order valence-corrected chi connectivity index (χ1v) is 7.45. The van der Waals surface area contributed by atoms with Gasteiger partial charge >= 0.3 is 0 Å². The standard InChI is InChI=1S/C20H14O2/c1-11-3-5-13-15-7-8-16-14-6-4-12(2)10-18(14)22-20(16)19(15)21-17(13)9-11/h3-10H,1-2H3. The van der Waals surface area contributed by atoms with Crippen LogP contribution in [0.25, 0.3) is 43.9 Å². The van der Waals surface area contributed by atoms with E-state index in [1.807, 2.05) is 0 Å². The normalized spacial score (nSPS) is 12.1. The molecule has 0 N–H and O–H groups in total. The summed E-state index contributed by atoms with van der Waals surface area (Å²) in [7, 11) is 0. The molecule has 0 amide bonds. The van der Waals surface area contributed by atoms with E-state index < -0.39 is 0 Å². The predicted octanol–water partition coefficient (Wildman–Crippen LogP) is 6.10. The Labute approximate surface area is 126 Å². The van der Waals surface area contributed by atoms with Crippen LogP contribution in [0, 0.1) is 13.8 Å². The molecule has 0 bridgehead atoms. The second-order valence-electron chi connectivity index (χ2n) is 6.02. The molecule has 2 nitrogen and oxygen atoms in total. The number of fused-ring (bicyclic) bond motifs is 7. The van der Waals surface area contributed by atoms with Gasteiger partial charge in [0.1, 0.15) is 11.2 Å². The molecule has 0 aliphatic heterocycles. The van der Waals surface area contributed by atoms with Crippen LogP contribution in [0.4, 0.5) is 0 Å². The average Bonchev–Trinajstić information content (AvgIpc) is 3.03. The number of hydrogen-bond acceptors (Lipinski definition) is 2. The first-order valence-electron chi connectivity index (χ1n) is 7.45. The van der Waals surface area contributed by atoms with E-state index in [-0.39, 0.29) is 0 Å². The van der Waals surface area contributed by atoms with Crippen molar-refractivity contribution in [3.63, 3.8) is 0 Å². The van der Waals surface area contributed by atoms with Gasteiger partial charge in [0.15, 0.2) is 11.2 Å². The van der Waals surface area contributed by atoms with E-state index >= 15 is 0 Å². The van der Waals surface area contributed by atoms with E-state index in [1.165, 1.54) is 11.1 Å². The molecule has 22 heavy (non-hydrogen) atoms. The van der Waals surface area contributed by atoms with Crippen LogP contribution in [0.5, 0.6) is 0 Å². The number of rotatable bonds is 0. The summed E-state index contributed by atoms with van der Waals surface area (Å²) in [5.41, 5.74) is 5.91. The Morgan fingerprint density at radius 3 is 1.41 bits per heavy atom. The van der Waals surface area contributed by atoms with Crippen LogP contribution in [-0.4, -0.2) is 0 Å². The molecule has 0 aliphatic carbocycles. The number of benzene rings is 3. The van der Waals surface area contributed by atoms with E-state index in [1.54, 1.807) is 0 Å². The molecular formula is C20H14O2. The van der Waals surface area contributed by atoms with Crippen LogP contribution < -0.4 is 0 Å². The van der Waals surface area contributed by atoms with Crippen molar-refractivity contribution in [2.45, 2.75) is 13.8 Å². The molecule has 2 heteroatoms. The van der Waals surface area contributed by atoms with Gasteiger partial charge in [0.25, 0.3) is 0 Å². The fraction of sp³-hybridized carbons (Fsp3) is 0.100. The molecule has 3 aromatic carbocycles. The first-order chi connectivity index (χ1) is 10.7. The Hall–Kier alpha value is -2.74. The Balaban J connectivity index is 2.02. The van der Waals surface area contributed by atoms with Gasteiger partial charge < -0.3 is 8.83 Å². The second-order valence-corrected chi connectivity index (χ2v) is 6.02. The van der Waals surface area contributed by atoms with Gasteiger partial charge in [-0.05, 0) is 49.2 Å². The summed E-state index contributed by atoms with van der Waals surface area (Å²) in [6.45, 7) is 4.15. The summed E-state index contributed by atoms with van der Waals surface area (Å²) in [5.74, 6) is 0. The van der Waals surface area contributed by atoms with Crippen molar-refractivity contribution in [3.05, 3.63) is 59.7 Å². The van der Waals surface area contributed by atoms with Crippen LogP contribution >= 0.6 is 0 Å². The summed E-state index contributed by atoms with van der Waals surface area (Å²) in [6, 6.07) is 16.9. The van der Waals surface area contributed by atoms with Crippen molar-refractivity contribution in [1.82, 2.24) is 0 Å². The lowest BCUT2D eigenvalue weighted by molar-refractivity contribution is 0.633. The zero-order chi connectivity index (χ0) is 14.8. The van der Waals surface area contributed by atoms with Crippen LogP contribution in [0.15, 0.2) is 57.4 Å². The van der Waals surface area contributed by atoms with Crippen molar-refractivity contribution >= 4 is 43.9 Å². The molecule has 0 saturated carbocycles. The molecule has 0 atom stereocenters. The molecule has 0 spiro atoms. The van der Waals surface area contributed by atoms with E-state index in [0.717, 1.165) is 43.9 Å². The summed E-state index contributed by atoms with van der Waals surface area (Å²) in [5, 5.41) is 4.50. The van der Waals surface area contributed by atoms with Crippen molar-refractivity contribution in [2.75, 3.05) is 0 Å². The van der Waals surface area contributed by atoms with Crippen LogP contribution in [-0.2, 0) is 0 Å². The summed E-state index contributed by atoms with van der Waals surface area (Å²) in [6.07, 6.45) is 0. The van der Waals surface area contributed by atoms with E-state index in [0.29, 0.717) is 0 Å². The van der Waals surface area contributed by atoms with Crippen LogP contribution in [0.3, 0.4) is 0 Å². The topological polar surface area (TPSA) is 26.3 Å². The van der Waals surface area contributed by atoms with Crippen molar-refractivity contribution in [2.24, 2.45) is 0 Å².